The number of rotatable bonds is 8. The largest absolute Gasteiger partial charge is 0.493 e. The Kier molecular flexibility index (Phi) is 6.51. The third-order valence-electron chi connectivity index (χ3n) is 3.29. The number of hydrogen-bond donors (Lipinski definition) is 0. The molecule has 2 aromatic carbocycles. The summed E-state index contributed by atoms with van der Waals surface area (Å²) in [5, 5.41) is 8.44. The Bertz CT molecular complexity index is 827. The van der Waals surface area contributed by atoms with E-state index < -0.39 is 6.10 Å². The van der Waals surface area contributed by atoms with Gasteiger partial charge in [0, 0.05) is 10.2 Å². The first-order chi connectivity index (χ1) is 12.6. The summed E-state index contributed by atoms with van der Waals surface area (Å²) in [5.74, 6) is 2.07. The van der Waals surface area contributed by atoms with Crippen LogP contribution in [0.3, 0.4) is 0 Å². The molecule has 26 heavy (non-hydrogen) atoms. The van der Waals surface area contributed by atoms with Crippen LogP contribution in [0.15, 0.2) is 62.6 Å². The molecular weight excluding hydrogens is 423 g/mol. The van der Waals surface area contributed by atoms with Crippen molar-refractivity contribution in [1.29, 1.82) is 0 Å². The van der Waals surface area contributed by atoms with Crippen LogP contribution in [0, 0.1) is 5.82 Å². The van der Waals surface area contributed by atoms with Crippen molar-refractivity contribution in [3.63, 3.8) is 0 Å². The van der Waals surface area contributed by atoms with Gasteiger partial charge in [0.25, 0.3) is 11.1 Å². The van der Waals surface area contributed by atoms with E-state index in [-0.39, 0.29) is 5.82 Å². The van der Waals surface area contributed by atoms with Gasteiger partial charge in [-0.25, -0.2) is 4.39 Å². The van der Waals surface area contributed by atoms with Crippen molar-refractivity contribution in [3.05, 3.63) is 64.7 Å². The van der Waals surface area contributed by atoms with Crippen LogP contribution in [0.25, 0.3) is 0 Å². The van der Waals surface area contributed by atoms with E-state index in [1.165, 1.54) is 23.9 Å². The molecule has 0 saturated heterocycles. The number of ether oxygens (including phenoxy) is 2. The molecule has 1 aromatic heterocycles. The fraction of sp³-hybridized carbons (Fsp3) is 0.222. The third kappa shape index (κ3) is 5.47. The fourth-order valence-electron chi connectivity index (χ4n) is 2.03. The predicted octanol–water partition coefficient (Wildman–Crippen LogP) is 5.28. The molecule has 0 fully saturated rings. The maximum Gasteiger partial charge on any atom is 0.276 e. The van der Waals surface area contributed by atoms with Crippen LogP contribution in [0.1, 0.15) is 18.9 Å². The smallest absolute Gasteiger partial charge is 0.276 e. The van der Waals surface area contributed by atoms with Gasteiger partial charge in [-0.15, -0.1) is 10.2 Å². The SMILES string of the molecule is C[C@@H](Oc1ccc(F)cc1)c1nnc(SCCOc2ccc(Br)cc2)o1. The maximum absolute atomic E-state index is 12.9. The molecule has 0 spiro atoms. The summed E-state index contributed by atoms with van der Waals surface area (Å²) in [5.41, 5.74) is 0. The van der Waals surface area contributed by atoms with Crippen LogP contribution >= 0.6 is 27.7 Å². The van der Waals surface area contributed by atoms with Gasteiger partial charge in [0.05, 0.1) is 6.61 Å². The molecular formula is C18H16BrFN2O3S. The predicted molar refractivity (Wildman–Crippen MR) is 100 cm³/mol. The van der Waals surface area contributed by atoms with Gasteiger partial charge in [-0.1, -0.05) is 27.7 Å². The minimum absolute atomic E-state index is 0.313. The number of halogens is 2. The molecule has 0 radical (unpaired) electrons. The van der Waals surface area contributed by atoms with Crippen LogP contribution < -0.4 is 9.47 Å². The second-order valence-corrected chi connectivity index (χ2v) is 7.23. The van der Waals surface area contributed by atoms with E-state index in [1.807, 2.05) is 24.3 Å². The standard InChI is InChI=1S/C18H16BrFN2O3S/c1-12(24-16-8-4-14(20)5-9-16)17-21-22-18(25-17)26-11-10-23-15-6-2-13(19)3-7-15/h2-9,12H,10-11H2,1H3/t12-/m1/s1. The first-order valence-corrected chi connectivity index (χ1v) is 9.65. The van der Waals surface area contributed by atoms with Crippen molar-refractivity contribution in [2.75, 3.05) is 12.4 Å². The molecule has 0 aliphatic rings. The molecule has 0 amide bonds. The molecule has 3 aromatic rings. The highest BCUT2D eigenvalue weighted by Gasteiger charge is 2.16. The van der Waals surface area contributed by atoms with Crippen LogP contribution in [-0.2, 0) is 0 Å². The Morgan fingerprint density at radius 3 is 2.50 bits per heavy atom. The zero-order chi connectivity index (χ0) is 18.4. The molecule has 3 rings (SSSR count). The summed E-state index contributed by atoms with van der Waals surface area (Å²) in [6.07, 6.45) is -0.429. The number of benzene rings is 2. The molecule has 0 aliphatic carbocycles. The number of aromatic nitrogens is 2. The van der Waals surface area contributed by atoms with E-state index in [0.29, 0.717) is 29.2 Å². The van der Waals surface area contributed by atoms with E-state index in [1.54, 1.807) is 19.1 Å². The van der Waals surface area contributed by atoms with Crippen molar-refractivity contribution in [2.45, 2.75) is 18.3 Å². The van der Waals surface area contributed by atoms with Gasteiger partial charge in [-0.2, -0.15) is 0 Å². The molecule has 0 saturated carbocycles. The summed E-state index contributed by atoms with van der Waals surface area (Å²) in [6, 6.07) is 13.4. The Morgan fingerprint density at radius 1 is 1.08 bits per heavy atom. The number of nitrogens with zero attached hydrogens (tertiary/aromatic N) is 2. The number of thioether (sulfide) groups is 1. The zero-order valence-corrected chi connectivity index (χ0v) is 16.3. The van der Waals surface area contributed by atoms with E-state index in [2.05, 4.69) is 26.1 Å². The molecule has 0 aliphatic heterocycles. The third-order valence-corrected chi connectivity index (χ3v) is 4.60. The van der Waals surface area contributed by atoms with Crippen molar-refractivity contribution in [3.8, 4) is 11.5 Å². The summed E-state index contributed by atoms with van der Waals surface area (Å²) in [4.78, 5) is 0. The summed E-state index contributed by atoms with van der Waals surface area (Å²) < 4.78 is 30.8. The minimum Gasteiger partial charge on any atom is -0.493 e. The summed E-state index contributed by atoms with van der Waals surface area (Å²) >= 11 is 4.79. The van der Waals surface area contributed by atoms with Crippen molar-refractivity contribution < 1.29 is 18.3 Å². The Morgan fingerprint density at radius 2 is 1.77 bits per heavy atom. The molecule has 0 bridgehead atoms. The average molecular weight is 439 g/mol. The molecule has 0 unspecified atom stereocenters. The van der Waals surface area contributed by atoms with Crippen molar-refractivity contribution >= 4 is 27.7 Å². The lowest BCUT2D eigenvalue weighted by Crippen LogP contribution is -2.03. The van der Waals surface area contributed by atoms with Gasteiger partial charge >= 0.3 is 0 Å². The monoisotopic (exact) mass is 438 g/mol. The van der Waals surface area contributed by atoms with Crippen LogP contribution in [0.2, 0.25) is 0 Å². The van der Waals surface area contributed by atoms with Gasteiger partial charge in [0.15, 0.2) is 6.10 Å². The Balaban J connectivity index is 1.45. The topological polar surface area (TPSA) is 57.4 Å². The minimum atomic E-state index is -0.429. The zero-order valence-electron chi connectivity index (χ0n) is 13.9. The van der Waals surface area contributed by atoms with Gasteiger partial charge in [-0.05, 0) is 55.5 Å². The maximum atomic E-state index is 12.9. The van der Waals surface area contributed by atoms with E-state index in [9.17, 15) is 4.39 Å². The molecule has 136 valence electrons. The van der Waals surface area contributed by atoms with Crippen LogP contribution in [0.4, 0.5) is 4.39 Å². The quantitative estimate of drug-likeness (QED) is 0.352. The summed E-state index contributed by atoms with van der Waals surface area (Å²) in [6.45, 7) is 2.31. The number of hydrogen-bond acceptors (Lipinski definition) is 6. The average Bonchev–Trinajstić information content (AvgIpc) is 3.11. The molecule has 0 N–H and O–H groups in total. The first-order valence-electron chi connectivity index (χ1n) is 7.87. The van der Waals surface area contributed by atoms with E-state index in [4.69, 9.17) is 13.9 Å². The van der Waals surface area contributed by atoms with Crippen molar-refractivity contribution in [1.82, 2.24) is 10.2 Å². The van der Waals surface area contributed by atoms with Gasteiger partial charge in [0.2, 0.25) is 0 Å². The van der Waals surface area contributed by atoms with Gasteiger partial charge in [-0.3, -0.25) is 0 Å². The second-order valence-electron chi connectivity index (χ2n) is 5.27. The highest BCUT2D eigenvalue weighted by atomic mass is 79.9. The highest BCUT2D eigenvalue weighted by molar-refractivity contribution is 9.10. The van der Waals surface area contributed by atoms with Crippen molar-refractivity contribution in [2.24, 2.45) is 0 Å². The van der Waals surface area contributed by atoms with E-state index >= 15 is 0 Å². The fourth-order valence-corrected chi connectivity index (χ4v) is 2.88. The molecule has 1 atom stereocenters. The van der Waals surface area contributed by atoms with Gasteiger partial charge < -0.3 is 13.9 Å². The Labute approximate surface area is 163 Å². The summed E-state index contributed by atoms with van der Waals surface area (Å²) in [7, 11) is 0. The second kappa shape index (κ2) is 9.05. The molecule has 8 heteroatoms. The Hall–Kier alpha value is -2.06. The lowest BCUT2D eigenvalue weighted by atomic mass is 10.3. The molecule has 5 nitrogen and oxygen atoms in total. The lowest BCUT2D eigenvalue weighted by Gasteiger charge is -2.10. The molecule has 1 heterocycles. The van der Waals surface area contributed by atoms with E-state index in [0.717, 1.165) is 10.2 Å². The normalized spacial score (nSPS) is 12.0. The highest BCUT2D eigenvalue weighted by Crippen LogP contribution is 2.24. The van der Waals surface area contributed by atoms with Gasteiger partial charge in [0.1, 0.15) is 17.3 Å². The van der Waals surface area contributed by atoms with Crippen LogP contribution in [0.5, 0.6) is 11.5 Å². The van der Waals surface area contributed by atoms with Crippen LogP contribution in [-0.4, -0.2) is 22.6 Å². The first kappa shape index (κ1) is 18.7. The lowest BCUT2D eigenvalue weighted by molar-refractivity contribution is 0.181.